The lowest BCUT2D eigenvalue weighted by Crippen LogP contribution is -2.13. The molecule has 3 aromatic rings. The highest BCUT2D eigenvalue weighted by molar-refractivity contribution is 6.35. The molecule has 0 bridgehead atoms. The molecule has 1 N–H and O–H groups in total. The van der Waals surface area contributed by atoms with E-state index in [-0.39, 0.29) is 12.5 Å². The third-order valence-electron chi connectivity index (χ3n) is 4.67. The topological polar surface area (TPSA) is 47.6 Å². The second-order valence-electron chi connectivity index (χ2n) is 6.87. The molecule has 0 saturated carbocycles. The summed E-state index contributed by atoms with van der Waals surface area (Å²) in [5.41, 5.74) is 4.06. The number of ether oxygens (including phenoxy) is 2. The predicted molar refractivity (Wildman–Crippen MR) is 122 cm³/mol. The number of amides is 1. The fraction of sp³-hybridized carbons (Fsp3) is 0.208. The van der Waals surface area contributed by atoms with Crippen LogP contribution in [0.2, 0.25) is 10.0 Å². The zero-order valence-corrected chi connectivity index (χ0v) is 18.6. The number of halogens is 2. The number of aryl methyl sites for hydroxylation is 2. The van der Waals surface area contributed by atoms with Gasteiger partial charge in [-0.05, 0) is 80.4 Å². The molecule has 0 atom stereocenters. The molecule has 0 radical (unpaired) electrons. The van der Waals surface area contributed by atoms with Gasteiger partial charge in [-0.2, -0.15) is 0 Å². The lowest BCUT2D eigenvalue weighted by atomic mass is 10.1. The number of carbonyl (C=O) groups is 1. The maximum absolute atomic E-state index is 12.8. The van der Waals surface area contributed by atoms with E-state index < -0.39 is 0 Å². The van der Waals surface area contributed by atoms with Gasteiger partial charge in [0.25, 0.3) is 5.91 Å². The van der Waals surface area contributed by atoms with Gasteiger partial charge in [-0.25, -0.2) is 0 Å². The van der Waals surface area contributed by atoms with Crippen LogP contribution in [0.1, 0.15) is 34.0 Å². The summed E-state index contributed by atoms with van der Waals surface area (Å²) >= 11 is 12.2. The van der Waals surface area contributed by atoms with Gasteiger partial charge in [0.15, 0.2) is 0 Å². The highest BCUT2D eigenvalue weighted by Gasteiger charge is 2.13. The lowest BCUT2D eigenvalue weighted by Gasteiger charge is -2.14. The summed E-state index contributed by atoms with van der Waals surface area (Å²) in [6.45, 7) is 6.80. The smallest absolute Gasteiger partial charge is 0.255 e. The zero-order chi connectivity index (χ0) is 21.7. The molecule has 0 aliphatic heterocycles. The van der Waals surface area contributed by atoms with Gasteiger partial charge in [0.1, 0.15) is 18.1 Å². The molecule has 0 aromatic heterocycles. The van der Waals surface area contributed by atoms with Crippen LogP contribution in [-0.4, -0.2) is 12.5 Å². The van der Waals surface area contributed by atoms with E-state index in [1.54, 1.807) is 36.4 Å². The number of nitrogens with one attached hydrogen (secondary N) is 1. The first-order valence-electron chi connectivity index (χ1n) is 9.59. The summed E-state index contributed by atoms with van der Waals surface area (Å²) in [4.78, 5) is 12.8. The van der Waals surface area contributed by atoms with Crippen LogP contribution in [0.3, 0.4) is 0 Å². The van der Waals surface area contributed by atoms with Crippen LogP contribution in [0, 0.1) is 13.8 Å². The van der Waals surface area contributed by atoms with E-state index in [0.29, 0.717) is 33.7 Å². The molecule has 0 saturated heterocycles. The SMILES string of the molecule is CCOc1ccc(C(=O)Nc2cc(Cl)ccc2Cl)cc1COc1ccc(C)c(C)c1. The molecule has 4 nitrogen and oxygen atoms in total. The Morgan fingerprint density at radius 3 is 2.47 bits per heavy atom. The number of hydrogen-bond acceptors (Lipinski definition) is 3. The Bertz CT molecular complexity index is 1070. The molecule has 0 heterocycles. The number of anilines is 1. The van der Waals surface area contributed by atoms with Crippen LogP contribution in [0.15, 0.2) is 54.6 Å². The molecule has 0 fully saturated rings. The molecule has 6 heteroatoms. The minimum atomic E-state index is -0.297. The average molecular weight is 444 g/mol. The van der Waals surface area contributed by atoms with E-state index in [1.807, 2.05) is 32.0 Å². The Morgan fingerprint density at radius 1 is 0.933 bits per heavy atom. The maximum atomic E-state index is 12.8. The van der Waals surface area contributed by atoms with Gasteiger partial charge >= 0.3 is 0 Å². The molecule has 1 amide bonds. The molecule has 3 aromatic carbocycles. The summed E-state index contributed by atoms with van der Waals surface area (Å²) in [7, 11) is 0. The average Bonchev–Trinajstić information content (AvgIpc) is 2.72. The molecular weight excluding hydrogens is 421 g/mol. The third kappa shape index (κ3) is 5.47. The first-order chi connectivity index (χ1) is 14.4. The normalized spacial score (nSPS) is 10.6. The minimum Gasteiger partial charge on any atom is -0.493 e. The Labute approximate surface area is 186 Å². The largest absolute Gasteiger partial charge is 0.493 e. The summed E-state index contributed by atoms with van der Waals surface area (Å²) < 4.78 is 11.7. The van der Waals surface area contributed by atoms with E-state index >= 15 is 0 Å². The summed E-state index contributed by atoms with van der Waals surface area (Å²) in [5.74, 6) is 1.15. The quantitative estimate of drug-likeness (QED) is 0.434. The van der Waals surface area contributed by atoms with Crippen molar-refractivity contribution in [3.8, 4) is 11.5 Å². The highest BCUT2D eigenvalue weighted by Crippen LogP contribution is 2.27. The predicted octanol–water partition coefficient (Wildman–Crippen LogP) is 6.84. The monoisotopic (exact) mass is 443 g/mol. The Balaban J connectivity index is 1.81. The van der Waals surface area contributed by atoms with Gasteiger partial charge in [0.2, 0.25) is 0 Å². The molecule has 3 rings (SSSR count). The van der Waals surface area contributed by atoms with Crippen molar-refractivity contribution in [1.29, 1.82) is 0 Å². The van der Waals surface area contributed by atoms with Crippen LogP contribution in [0.4, 0.5) is 5.69 Å². The Morgan fingerprint density at radius 2 is 1.73 bits per heavy atom. The van der Waals surface area contributed by atoms with Gasteiger partial charge < -0.3 is 14.8 Å². The third-order valence-corrected chi connectivity index (χ3v) is 5.24. The van der Waals surface area contributed by atoms with Crippen molar-refractivity contribution in [2.75, 3.05) is 11.9 Å². The molecule has 0 aliphatic carbocycles. The highest BCUT2D eigenvalue weighted by atomic mass is 35.5. The van der Waals surface area contributed by atoms with Crippen LogP contribution >= 0.6 is 23.2 Å². The van der Waals surface area contributed by atoms with Crippen molar-refractivity contribution in [2.45, 2.75) is 27.4 Å². The Hall–Kier alpha value is -2.69. The fourth-order valence-corrected chi connectivity index (χ4v) is 3.22. The first-order valence-corrected chi connectivity index (χ1v) is 10.3. The first kappa shape index (κ1) is 22.0. The van der Waals surface area contributed by atoms with Gasteiger partial charge in [-0.15, -0.1) is 0 Å². The van der Waals surface area contributed by atoms with E-state index in [9.17, 15) is 4.79 Å². The van der Waals surface area contributed by atoms with Gasteiger partial charge in [-0.1, -0.05) is 29.3 Å². The molecular formula is C24H23Cl2NO3. The second kappa shape index (κ2) is 9.88. The van der Waals surface area contributed by atoms with Crippen LogP contribution < -0.4 is 14.8 Å². The van der Waals surface area contributed by atoms with Crippen molar-refractivity contribution in [3.63, 3.8) is 0 Å². The molecule has 0 aliphatic rings. The molecule has 156 valence electrons. The molecule has 0 spiro atoms. The van der Waals surface area contributed by atoms with Crippen molar-refractivity contribution < 1.29 is 14.3 Å². The zero-order valence-electron chi connectivity index (χ0n) is 17.1. The van der Waals surface area contributed by atoms with Crippen LogP contribution in [0.25, 0.3) is 0 Å². The lowest BCUT2D eigenvalue weighted by molar-refractivity contribution is 0.102. The van der Waals surface area contributed by atoms with Crippen molar-refractivity contribution in [1.82, 2.24) is 0 Å². The van der Waals surface area contributed by atoms with E-state index in [4.69, 9.17) is 32.7 Å². The van der Waals surface area contributed by atoms with Crippen molar-refractivity contribution >= 4 is 34.8 Å². The van der Waals surface area contributed by atoms with Crippen molar-refractivity contribution in [2.24, 2.45) is 0 Å². The summed E-state index contributed by atoms with van der Waals surface area (Å²) in [5, 5.41) is 3.70. The minimum absolute atomic E-state index is 0.275. The standard InChI is InChI=1S/C24H23Cl2NO3/c1-4-29-23-10-6-17(24(28)27-22-13-19(25)7-9-21(22)26)12-18(23)14-30-20-8-5-15(2)16(3)11-20/h5-13H,4,14H2,1-3H3,(H,27,28). The number of rotatable bonds is 7. The number of hydrogen-bond donors (Lipinski definition) is 1. The fourth-order valence-electron chi connectivity index (χ4n) is 2.88. The maximum Gasteiger partial charge on any atom is 0.255 e. The molecule has 0 unspecified atom stereocenters. The number of benzene rings is 3. The van der Waals surface area contributed by atoms with Gasteiger partial charge in [0, 0.05) is 16.1 Å². The summed E-state index contributed by atoms with van der Waals surface area (Å²) in [6.07, 6.45) is 0. The second-order valence-corrected chi connectivity index (χ2v) is 7.71. The number of carbonyl (C=O) groups excluding carboxylic acids is 1. The van der Waals surface area contributed by atoms with Crippen LogP contribution in [-0.2, 0) is 6.61 Å². The summed E-state index contributed by atoms with van der Waals surface area (Å²) in [6, 6.07) is 16.1. The van der Waals surface area contributed by atoms with Gasteiger partial charge in [0.05, 0.1) is 17.3 Å². The van der Waals surface area contributed by atoms with E-state index in [1.165, 1.54) is 5.56 Å². The van der Waals surface area contributed by atoms with E-state index in [0.717, 1.165) is 16.9 Å². The Kier molecular flexibility index (Phi) is 7.24. The van der Waals surface area contributed by atoms with Gasteiger partial charge in [-0.3, -0.25) is 4.79 Å². The van der Waals surface area contributed by atoms with Crippen molar-refractivity contribution in [3.05, 3.63) is 86.9 Å². The molecule has 30 heavy (non-hydrogen) atoms. The van der Waals surface area contributed by atoms with E-state index in [2.05, 4.69) is 12.2 Å². The van der Waals surface area contributed by atoms with Crippen LogP contribution in [0.5, 0.6) is 11.5 Å².